The highest BCUT2D eigenvalue weighted by Gasteiger charge is 2.64. The first kappa shape index (κ1) is 58.7. The normalized spacial score (nSPS) is 51.8. The predicted molar refractivity (Wildman–Crippen MR) is 252 cm³/mol. The van der Waals surface area contributed by atoms with Crippen molar-refractivity contribution < 1.29 is 114 Å². The number of aliphatic hydroxyl groups is 15. The number of allylic oxidation sites excluding steroid dienone is 2. The Morgan fingerprint density at radius 3 is 1.76 bits per heavy atom. The molecule has 0 aromatic rings. The molecule has 23 heteroatoms. The summed E-state index contributed by atoms with van der Waals surface area (Å²) in [5, 5.41) is 164. The maximum absolute atomic E-state index is 12.3. The fourth-order valence-corrected chi connectivity index (χ4v) is 14.0. The summed E-state index contributed by atoms with van der Waals surface area (Å²) in [5.74, 6) is 0.940. The van der Waals surface area contributed by atoms with E-state index in [-0.39, 0.29) is 48.0 Å². The quantitative estimate of drug-likeness (QED) is 0.0661. The molecule has 0 aromatic carbocycles. The summed E-state index contributed by atoms with van der Waals surface area (Å²) in [6, 6.07) is 0. The number of hydrogen-bond donors (Lipinski definition) is 15. The summed E-state index contributed by atoms with van der Waals surface area (Å²) < 4.78 is 47.7. The zero-order valence-corrected chi connectivity index (χ0v) is 42.7. The minimum absolute atomic E-state index is 0.0101. The van der Waals surface area contributed by atoms with Crippen LogP contribution in [0.15, 0.2) is 23.8 Å². The van der Waals surface area contributed by atoms with Gasteiger partial charge in [-0.3, -0.25) is 0 Å². The van der Waals surface area contributed by atoms with Gasteiger partial charge in [0.05, 0.1) is 38.6 Å². The Hall–Kier alpha value is -1.44. The van der Waals surface area contributed by atoms with Crippen molar-refractivity contribution in [2.24, 2.45) is 52.3 Å². The van der Waals surface area contributed by atoms with Gasteiger partial charge < -0.3 is 114 Å². The molecule has 0 aromatic heterocycles. The molecule has 4 aliphatic heterocycles. The van der Waals surface area contributed by atoms with Gasteiger partial charge in [-0.1, -0.05) is 52.8 Å². The topological polar surface area (TPSA) is 377 Å². The molecule has 8 aliphatic rings. The van der Waals surface area contributed by atoms with Crippen molar-refractivity contribution in [2.75, 3.05) is 33.0 Å². The van der Waals surface area contributed by atoms with Crippen molar-refractivity contribution in [3.05, 3.63) is 23.8 Å². The summed E-state index contributed by atoms with van der Waals surface area (Å²) in [6.45, 7) is 7.76. The molecule has 4 saturated heterocycles. The Balaban J connectivity index is 1.04. The third kappa shape index (κ3) is 10.8. The van der Waals surface area contributed by atoms with E-state index in [9.17, 15) is 76.6 Å². The number of fused-ring (bicyclic) bond motifs is 5. The molecule has 3 unspecified atom stereocenters. The Morgan fingerprint density at radius 2 is 1.18 bits per heavy atom. The highest BCUT2D eigenvalue weighted by molar-refractivity contribution is 5.30. The average molecular weight is 1070 g/mol. The molecule has 15 N–H and O–H groups in total. The van der Waals surface area contributed by atoms with Gasteiger partial charge in [0.1, 0.15) is 97.7 Å². The molecule has 0 spiro atoms. The lowest BCUT2D eigenvalue weighted by atomic mass is 9.46. The highest BCUT2D eigenvalue weighted by atomic mass is 16.8. The largest absolute Gasteiger partial charge is 0.396 e. The van der Waals surface area contributed by atoms with E-state index in [0.717, 1.165) is 18.4 Å². The second-order valence-electron chi connectivity index (χ2n) is 23.2. The van der Waals surface area contributed by atoms with Crippen LogP contribution >= 0.6 is 0 Å². The summed E-state index contributed by atoms with van der Waals surface area (Å²) in [5.41, 5.74) is 0.0194. The van der Waals surface area contributed by atoms with E-state index >= 15 is 0 Å². The van der Waals surface area contributed by atoms with Crippen LogP contribution in [-0.2, 0) is 37.9 Å². The molecule has 7 fully saturated rings. The zero-order valence-electron chi connectivity index (χ0n) is 42.7. The van der Waals surface area contributed by atoms with E-state index < -0.39 is 167 Å². The molecule has 4 heterocycles. The molecular weight excluding hydrogens is 981 g/mol. The first-order valence-corrected chi connectivity index (χ1v) is 26.6. The van der Waals surface area contributed by atoms with Crippen molar-refractivity contribution in [1.29, 1.82) is 0 Å². The summed E-state index contributed by atoms with van der Waals surface area (Å²) in [7, 11) is 0. The van der Waals surface area contributed by atoms with Crippen molar-refractivity contribution in [2.45, 2.75) is 208 Å². The molecule has 426 valence electrons. The number of aliphatic hydroxyl groups excluding tert-OH is 15. The SMILES string of the molecule is CC(C)[C@H](C)/C=C/[C@@H](CO)[C@H]1C[C@H](O)C2C3CC=C4[C@@H](O)[C@@H](O[C@@H]5O[C@H](CO)[C@@H](O[C@@H]6O[C@H](CO)[C@H](O)[C@H](O)[C@H]6O)[C@H](O[C@@H]6OC[C@@H](O)[C@@H](O)[C@@H]6O[C@H]6O[C@H](CO)[C@H](O)[C@H](O)[C@H]6O)[C@H]5O)CC[C@]4(C)C3CC[C@@]21C. The molecule has 74 heavy (non-hydrogen) atoms. The van der Waals surface area contributed by atoms with E-state index in [1.54, 1.807) is 0 Å². The van der Waals surface area contributed by atoms with E-state index in [1.807, 2.05) is 6.08 Å². The van der Waals surface area contributed by atoms with Gasteiger partial charge in [-0.15, -0.1) is 0 Å². The summed E-state index contributed by atoms with van der Waals surface area (Å²) in [6.07, 6.45) is -26.7. The molecule has 3 saturated carbocycles. The molecular formula is C51H84O23. The van der Waals surface area contributed by atoms with Crippen LogP contribution in [0.1, 0.15) is 73.1 Å². The van der Waals surface area contributed by atoms with Crippen molar-refractivity contribution in [3.63, 3.8) is 0 Å². The second-order valence-corrected chi connectivity index (χ2v) is 23.2. The number of hydrogen-bond acceptors (Lipinski definition) is 23. The van der Waals surface area contributed by atoms with Gasteiger partial charge in [0, 0.05) is 12.5 Å². The van der Waals surface area contributed by atoms with E-state index in [2.05, 4.69) is 46.8 Å². The molecule has 23 nitrogen and oxygen atoms in total. The Morgan fingerprint density at radius 1 is 0.608 bits per heavy atom. The average Bonchev–Trinajstić information content (AvgIpc) is 3.65. The van der Waals surface area contributed by atoms with Crippen LogP contribution in [0, 0.1) is 52.3 Å². The van der Waals surface area contributed by atoms with Crippen LogP contribution in [0.4, 0.5) is 0 Å². The fraction of sp³-hybridized carbons (Fsp3) is 0.922. The Kier molecular flexibility index (Phi) is 18.8. The third-order valence-corrected chi connectivity index (χ3v) is 18.7. The Bertz CT molecular complexity index is 1890. The monoisotopic (exact) mass is 1060 g/mol. The van der Waals surface area contributed by atoms with Gasteiger partial charge >= 0.3 is 0 Å². The molecule has 0 bridgehead atoms. The molecule has 8 rings (SSSR count). The number of rotatable bonds is 16. The van der Waals surface area contributed by atoms with Gasteiger partial charge in [0.2, 0.25) is 0 Å². The molecule has 30 atom stereocenters. The predicted octanol–water partition coefficient (Wildman–Crippen LogP) is -3.74. The first-order valence-electron chi connectivity index (χ1n) is 26.6. The number of ether oxygens (including phenoxy) is 8. The lowest BCUT2D eigenvalue weighted by Crippen LogP contribution is -2.67. The van der Waals surface area contributed by atoms with Gasteiger partial charge in [0.15, 0.2) is 25.2 Å². The van der Waals surface area contributed by atoms with Gasteiger partial charge in [-0.2, -0.15) is 0 Å². The minimum Gasteiger partial charge on any atom is -0.396 e. The van der Waals surface area contributed by atoms with Crippen LogP contribution in [0.25, 0.3) is 0 Å². The van der Waals surface area contributed by atoms with Crippen molar-refractivity contribution in [3.8, 4) is 0 Å². The van der Waals surface area contributed by atoms with Crippen molar-refractivity contribution >= 4 is 0 Å². The smallest absolute Gasteiger partial charge is 0.187 e. The first-order chi connectivity index (χ1) is 35.0. The lowest BCUT2D eigenvalue weighted by molar-refractivity contribution is -0.397. The van der Waals surface area contributed by atoms with Gasteiger partial charge in [-0.25, -0.2) is 0 Å². The minimum atomic E-state index is -1.98. The van der Waals surface area contributed by atoms with Crippen LogP contribution in [0.2, 0.25) is 0 Å². The second kappa shape index (κ2) is 23.7. The Labute approximate surface area is 430 Å². The van der Waals surface area contributed by atoms with Crippen LogP contribution in [0.3, 0.4) is 0 Å². The summed E-state index contributed by atoms with van der Waals surface area (Å²) in [4.78, 5) is 0. The fourth-order valence-electron chi connectivity index (χ4n) is 14.0. The third-order valence-electron chi connectivity index (χ3n) is 18.7. The van der Waals surface area contributed by atoms with Crippen molar-refractivity contribution in [1.82, 2.24) is 0 Å². The molecule has 0 amide bonds. The van der Waals surface area contributed by atoms with Crippen LogP contribution < -0.4 is 0 Å². The molecule has 0 radical (unpaired) electrons. The van der Waals surface area contributed by atoms with Gasteiger partial charge in [0.25, 0.3) is 0 Å². The molecule has 4 aliphatic carbocycles. The lowest BCUT2D eigenvalue weighted by Gasteiger charge is -2.59. The highest BCUT2D eigenvalue weighted by Crippen LogP contribution is 2.67. The summed E-state index contributed by atoms with van der Waals surface area (Å²) >= 11 is 0. The van der Waals surface area contributed by atoms with Crippen LogP contribution in [0.5, 0.6) is 0 Å². The standard InChI is InChI=1S/C51H84O23/c1-20(2)21(3)6-7-22(15-52)26-14-27(56)33-23-8-9-25-34(58)29(11-13-50(25,4)24(23)10-12-51(26,33)5)68-48-42(66)44(43(32(18-55)71-48)72-46-40(64)38(62)36(60)30(16-53)69-46)73-49-45(35(59)28(57)19-67-49)74-47-41(65)39(63)37(61)31(17-54)70-47/h6-7,9,20-24,26-49,52-66H,8,10-19H2,1-5H3/b7-6+/t21-,22+,23?,24?,26-,27+,28-,29+,30-,31-,32-,33?,34-,35-,36+,37+,38+,39+,40-,41-,42-,43-,44-,45+,46+,47-,48-,49+,50-,51-/m1/s1. The van der Waals surface area contributed by atoms with E-state index in [1.165, 1.54) is 0 Å². The maximum atomic E-state index is 12.3. The zero-order chi connectivity index (χ0) is 53.9. The van der Waals surface area contributed by atoms with Gasteiger partial charge in [-0.05, 0) is 90.4 Å². The maximum Gasteiger partial charge on any atom is 0.187 e. The van der Waals surface area contributed by atoms with E-state index in [0.29, 0.717) is 31.1 Å². The van der Waals surface area contributed by atoms with E-state index in [4.69, 9.17) is 37.9 Å². The van der Waals surface area contributed by atoms with Crippen LogP contribution in [-0.4, -0.2) is 245 Å².